The van der Waals surface area contributed by atoms with Crippen LogP contribution in [0, 0.1) is 13.8 Å². The van der Waals surface area contributed by atoms with Crippen LogP contribution in [0.2, 0.25) is 0 Å². The Bertz CT molecular complexity index is 823. The average Bonchev–Trinajstić information content (AvgIpc) is 2.97. The van der Waals surface area contributed by atoms with E-state index in [2.05, 4.69) is 14.9 Å². The third-order valence-corrected chi connectivity index (χ3v) is 6.13. The Morgan fingerprint density at radius 3 is 2.46 bits per heavy atom. The fraction of sp³-hybridized carbons (Fsp3) is 0.500. The summed E-state index contributed by atoms with van der Waals surface area (Å²) in [6.07, 6.45) is 3.41. The van der Waals surface area contributed by atoms with Crippen molar-refractivity contribution in [3.05, 3.63) is 35.9 Å². The number of rotatable bonds is 4. The lowest BCUT2D eigenvalue weighted by Crippen LogP contribution is -2.49. The van der Waals surface area contributed by atoms with Crippen LogP contribution in [0.4, 0.5) is 5.82 Å². The minimum absolute atomic E-state index is 0.143. The largest absolute Gasteiger partial charge is 0.354 e. The van der Waals surface area contributed by atoms with Crippen LogP contribution in [-0.2, 0) is 16.6 Å². The van der Waals surface area contributed by atoms with Crippen molar-refractivity contribution in [1.82, 2.24) is 18.8 Å². The molecule has 0 aromatic carbocycles. The maximum absolute atomic E-state index is 12.8. The van der Waals surface area contributed by atoms with Crippen molar-refractivity contribution >= 4 is 15.8 Å². The second-order valence-corrected chi connectivity index (χ2v) is 7.88. The number of aryl methyl sites for hydroxylation is 3. The maximum atomic E-state index is 12.8. The second kappa shape index (κ2) is 6.52. The van der Waals surface area contributed by atoms with Gasteiger partial charge in [-0.2, -0.15) is 4.31 Å². The van der Waals surface area contributed by atoms with E-state index in [1.54, 1.807) is 12.4 Å². The Hall–Kier alpha value is -1.93. The molecule has 0 N–H and O–H groups in total. The van der Waals surface area contributed by atoms with Gasteiger partial charge in [0.25, 0.3) is 10.0 Å². The molecule has 24 heavy (non-hydrogen) atoms. The van der Waals surface area contributed by atoms with Crippen LogP contribution in [0.3, 0.4) is 0 Å². The molecule has 0 atom stereocenters. The molecule has 7 nitrogen and oxygen atoms in total. The smallest absolute Gasteiger partial charge is 0.262 e. The SMILES string of the molecule is CCn1cc(S(=O)(=O)N2CCN(c3cc(C)ccn3)CC2)nc1C. The van der Waals surface area contributed by atoms with Crippen LogP contribution in [0.5, 0.6) is 0 Å². The number of hydrogen-bond donors (Lipinski definition) is 0. The topological polar surface area (TPSA) is 71.3 Å². The fourth-order valence-electron chi connectivity index (χ4n) is 2.91. The van der Waals surface area contributed by atoms with Gasteiger partial charge in [-0.15, -0.1) is 0 Å². The summed E-state index contributed by atoms with van der Waals surface area (Å²) in [5.41, 5.74) is 1.15. The molecule has 0 aliphatic carbocycles. The Labute approximate surface area is 143 Å². The Morgan fingerprint density at radius 1 is 1.17 bits per heavy atom. The van der Waals surface area contributed by atoms with E-state index < -0.39 is 10.0 Å². The zero-order valence-electron chi connectivity index (χ0n) is 14.3. The van der Waals surface area contributed by atoms with E-state index in [0.717, 1.165) is 17.2 Å². The molecule has 3 rings (SSSR count). The highest BCUT2D eigenvalue weighted by Gasteiger charge is 2.31. The highest BCUT2D eigenvalue weighted by Crippen LogP contribution is 2.20. The molecule has 3 heterocycles. The molecule has 1 saturated heterocycles. The third-order valence-electron chi connectivity index (χ3n) is 4.36. The summed E-state index contributed by atoms with van der Waals surface area (Å²) in [6, 6.07) is 3.98. The molecule has 1 aliphatic rings. The highest BCUT2D eigenvalue weighted by atomic mass is 32.2. The number of imidazole rings is 1. The van der Waals surface area contributed by atoms with Crippen LogP contribution < -0.4 is 4.90 Å². The predicted molar refractivity (Wildman–Crippen MR) is 92.6 cm³/mol. The summed E-state index contributed by atoms with van der Waals surface area (Å²) in [4.78, 5) is 10.7. The third kappa shape index (κ3) is 3.16. The molecule has 0 spiro atoms. The minimum atomic E-state index is -3.53. The average molecular weight is 349 g/mol. The van der Waals surface area contributed by atoms with Crippen LogP contribution in [0.1, 0.15) is 18.3 Å². The molecule has 0 bridgehead atoms. The molecular formula is C16H23N5O2S. The first-order valence-corrected chi connectivity index (χ1v) is 9.57. The van der Waals surface area contributed by atoms with Crippen LogP contribution in [0.25, 0.3) is 0 Å². The van der Waals surface area contributed by atoms with Gasteiger partial charge in [0, 0.05) is 45.1 Å². The first-order valence-electron chi connectivity index (χ1n) is 8.13. The summed E-state index contributed by atoms with van der Waals surface area (Å²) >= 11 is 0. The van der Waals surface area contributed by atoms with Gasteiger partial charge in [0.15, 0.2) is 5.03 Å². The molecular weight excluding hydrogens is 326 g/mol. The van der Waals surface area contributed by atoms with E-state index in [9.17, 15) is 8.42 Å². The number of sulfonamides is 1. The number of piperazine rings is 1. The number of anilines is 1. The molecule has 0 amide bonds. The second-order valence-electron chi connectivity index (χ2n) is 5.99. The number of hydrogen-bond acceptors (Lipinski definition) is 5. The number of pyridine rings is 1. The zero-order chi connectivity index (χ0) is 17.3. The Balaban J connectivity index is 1.73. The summed E-state index contributed by atoms with van der Waals surface area (Å²) in [5, 5.41) is 0.143. The zero-order valence-corrected chi connectivity index (χ0v) is 15.1. The lowest BCUT2D eigenvalue weighted by molar-refractivity contribution is 0.382. The van der Waals surface area contributed by atoms with Gasteiger partial charge < -0.3 is 9.47 Å². The molecule has 1 fully saturated rings. The molecule has 1 aliphatic heterocycles. The predicted octanol–water partition coefficient (Wildman–Crippen LogP) is 1.43. The first kappa shape index (κ1) is 16.9. The quantitative estimate of drug-likeness (QED) is 0.835. The van der Waals surface area contributed by atoms with Crippen LogP contribution in [-0.4, -0.2) is 53.4 Å². The normalized spacial score (nSPS) is 16.5. The first-order chi connectivity index (χ1) is 11.4. The highest BCUT2D eigenvalue weighted by molar-refractivity contribution is 7.89. The van der Waals surface area contributed by atoms with Gasteiger partial charge in [-0.05, 0) is 38.5 Å². The lowest BCUT2D eigenvalue weighted by Gasteiger charge is -2.34. The van der Waals surface area contributed by atoms with Crippen LogP contribution >= 0.6 is 0 Å². The monoisotopic (exact) mass is 349 g/mol. The van der Waals surface area contributed by atoms with Crippen molar-refractivity contribution in [3.63, 3.8) is 0 Å². The van der Waals surface area contributed by atoms with Crippen molar-refractivity contribution in [2.45, 2.75) is 32.3 Å². The van der Waals surface area contributed by atoms with Crippen molar-refractivity contribution in [2.75, 3.05) is 31.1 Å². The molecule has 0 saturated carbocycles. The lowest BCUT2D eigenvalue weighted by atomic mass is 10.2. The van der Waals surface area contributed by atoms with E-state index >= 15 is 0 Å². The van der Waals surface area contributed by atoms with Gasteiger partial charge in [-0.1, -0.05) is 0 Å². The van der Waals surface area contributed by atoms with E-state index in [-0.39, 0.29) is 5.03 Å². The van der Waals surface area contributed by atoms with Crippen molar-refractivity contribution in [1.29, 1.82) is 0 Å². The van der Waals surface area contributed by atoms with Gasteiger partial charge >= 0.3 is 0 Å². The van der Waals surface area contributed by atoms with E-state index in [4.69, 9.17) is 0 Å². The molecule has 130 valence electrons. The Morgan fingerprint density at radius 2 is 1.88 bits per heavy atom. The van der Waals surface area contributed by atoms with Crippen molar-refractivity contribution in [3.8, 4) is 0 Å². The standard InChI is InChI=1S/C16H23N5O2S/c1-4-19-12-16(18-14(19)3)24(22,23)21-9-7-20(8-10-21)15-11-13(2)5-6-17-15/h5-6,11-12H,4,7-10H2,1-3H3. The molecule has 2 aromatic heterocycles. The van der Waals surface area contributed by atoms with Crippen LogP contribution in [0.15, 0.2) is 29.6 Å². The van der Waals surface area contributed by atoms with Gasteiger partial charge in [-0.25, -0.2) is 18.4 Å². The minimum Gasteiger partial charge on any atom is -0.354 e. The summed E-state index contributed by atoms with van der Waals surface area (Å²) in [6.45, 7) is 8.67. The number of aromatic nitrogens is 3. The number of nitrogens with zero attached hydrogens (tertiary/aromatic N) is 5. The summed E-state index contributed by atoms with van der Waals surface area (Å²) < 4.78 is 28.9. The molecule has 0 unspecified atom stereocenters. The van der Waals surface area contributed by atoms with E-state index in [1.807, 2.05) is 37.5 Å². The van der Waals surface area contributed by atoms with Gasteiger partial charge in [-0.3, -0.25) is 0 Å². The molecule has 2 aromatic rings. The maximum Gasteiger partial charge on any atom is 0.262 e. The van der Waals surface area contributed by atoms with Gasteiger partial charge in [0.2, 0.25) is 0 Å². The van der Waals surface area contributed by atoms with E-state index in [1.165, 1.54) is 4.31 Å². The summed E-state index contributed by atoms with van der Waals surface area (Å²) in [7, 11) is -3.53. The van der Waals surface area contributed by atoms with E-state index in [0.29, 0.717) is 32.7 Å². The molecule has 8 heteroatoms. The van der Waals surface area contributed by atoms with Crippen molar-refractivity contribution < 1.29 is 8.42 Å². The van der Waals surface area contributed by atoms with Crippen molar-refractivity contribution in [2.24, 2.45) is 0 Å². The fourth-order valence-corrected chi connectivity index (χ4v) is 4.32. The Kier molecular flexibility index (Phi) is 4.60. The van der Waals surface area contributed by atoms with Gasteiger partial charge in [0.1, 0.15) is 11.6 Å². The summed E-state index contributed by atoms with van der Waals surface area (Å²) in [5.74, 6) is 1.62. The molecule has 0 radical (unpaired) electrons. The van der Waals surface area contributed by atoms with Gasteiger partial charge in [0.05, 0.1) is 0 Å².